The van der Waals surface area contributed by atoms with Crippen LogP contribution < -0.4 is 5.73 Å². The highest BCUT2D eigenvalue weighted by Gasteiger charge is 2.09. The van der Waals surface area contributed by atoms with Crippen LogP contribution in [0.2, 0.25) is 0 Å². The molecule has 82 valence electrons. The third-order valence-corrected chi connectivity index (χ3v) is 2.64. The molecule has 4 N–H and O–H groups in total. The van der Waals surface area contributed by atoms with Crippen molar-refractivity contribution in [3.05, 3.63) is 24.2 Å². The molecule has 0 aliphatic carbocycles. The lowest BCUT2D eigenvalue weighted by molar-refractivity contribution is 0.0696. The van der Waals surface area contributed by atoms with Gasteiger partial charge in [-0.05, 0) is 17.8 Å². The minimum absolute atomic E-state index is 0.0550. The van der Waals surface area contributed by atoms with Crippen LogP contribution in [0.25, 0.3) is 0 Å². The maximum absolute atomic E-state index is 10.7. The lowest BCUT2D eigenvalue weighted by Crippen LogP contribution is -2.01. The normalized spacial score (nSPS) is 10.2. The highest BCUT2D eigenvalue weighted by molar-refractivity contribution is 7.99. The zero-order valence-corrected chi connectivity index (χ0v) is 8.73. The van der Waals surface area contributed by atoms with E-state index >= 15 is 0 Å². The van der Waals surface area contributed by atoms with Crippen LogP contribution >= 0.6 is 11.8 Å². The summed E-state index contributed by atoms with van der Waals surface area (Å²) in [5.41, 5.74) is 6.01. The average molecular weight is 237 g/mol. The number of nitrogens with one attached hydrogen (secondary N) is 1. The number of carboxylic acid groups (broad SMARTS) is 1. The van der Waals surface area contributed by atoms with Gasteiger partial charge in [0.05, 0.1) is 11.3 Å². The molecule has 2 aromatic rings. The van der Waals surface area contributed by atoms with E-state index in [1.54, 1.807) is 0 Å². The number of pyridine rings is 1. The lowest BCUT2D eigenvalue weighted by atomic mass is 10.3. The van der Waals surface area contributed by atoms with E-state index < -0.39 is 5.97 Å². The Labute approximate surface area is 94.1 Å². The summed E-state index contributed by atoms with van der Waals surface area (Å²) in [5.74, 6) is -1.06. The number of hydrogen-bond donors (Lipinski definition) is 3. The topological polar surface area (TPSA) is 118 Å². The Morgan fingerprint density at radius 1 is 1.50 bits per heavy atom. The molecule has 0 aliphatic heterocycles. The smallest absolute Gasteiger partial charge is 0.337 e. The fraction of sp³-hybridized carbons (Fsp3) is 0. The van der Waals surface area contributed by atoms with E-state index in [1.807, 2.05) is 0 Å². The standard InChI is InChI=1S/C8H7N5O2S/c9-5-1-4(7(14)15)2-10-6(5)16-8-11-3-12-13-8/h1-3H,9H2,(H,14,15)(H,11,12,13). The van der Waals surface area contributed by atoms with Crippen molar-refractivity contribution in [2.24, 2.45) is 0 Å². The summed E-state index contributed by atoms with van der Waals surface area (Å²) in [7, 11) is 0. The van der Waals surface area contributed by atoms with Gasteiger partial charge in [0, 0.05) is 6.20 Å². The second-order valence-corrected chi connectivity index (χ2v) is 3.79. The summed E-state index contributed by atoms with van der Waals surface area (Å²) >= 11 is 1.18. The first-order valence-electron chi connectivity index (χ1n) is 4.19. The second-order valence-electron chi connectivity index (χ2n) is 2.82. The summed E-state index contributed by atoms with van der Waals surface area (Å²) in [6, 6.07) is 1.36. The Hall–Kier alpha value is -2.09. The Morgan fingerprint density at radius 3 is 2.88 bits per heavy atom. The maximum Gasteiger partial charge on any atom is 0.337 e. The van der Waals surface area contributed by atoms with Gasteiger partial charge in [-0.25, -0.2) is 14.8 Å². The fourth-order valence-electron chi connectivity index (χ4n) is 1.01. The molecule has 0 bridgehead atoms. The molecule has 7 nitrogen and oxygen atoms in total. The van der Waals surface area contributed by atoms with Crippen molar-refractivity contribution >= 4 is 23.4 Å². The zero-order valence-electron chi connectivity index (χ0n) is 7.91. The van der Waals surface area contributed by atoms with E-state index in [4.69, 9.17) is 10.8 Å². The molecule has 0 saturated heterocycles. The molecule has 0 unspecified atom stereocenters. The van der Waals surface area contributed by atoms with Gasteiger partial charge in [-0.2, -0.15) is 5.10 Å². The van der Waals surface area contributed by atoms with Gasteiger partial charge in [0.25, 0.3) is 0 Å². The molecule has 2 rings (SSSR count). The largest absolute Gasteiger partial charge is 0.478 e. The third-order valence-electron chi connectivity index (χ3n) is 1.71. The summed E-state index contributed by atoms with van der Waals surface area (Å²) in [4.78, 5) is 18.5. The molecule has 0 spiro atoms. The summed E-state index contributed by atoms with van der Waals surface area (Å²) in [5, 5.41) is 16.1. The number of rotatable bonds is 3. The van der Waals surface area contributed by atoms with Crippen molar-refractivity contribution in [2.45, 2.75) is 10.2 Å². The highest BCUT2D eigenvalue weighted by Crippen LogP contribution is 2.27. The minimum Gasteiger partial charge on any atom is -0.478 e. The van der Waals surface area contributed by atoms with Crippen molar-refractivity contribution in [3.8, 4) is 0 Å². The van der Waals surface area contributed by atoms with Gasteiger partial charge in [-0.1, -0.05) is 0 Å². The van der Waals surface area contributed by atoms with Crippen LogP contribution in [-0.2, 0) is 0 Å². The van der Waals surface area contributed by atoms with E-state index in [2.05, 4.69) is 20.2 Å². The van der Waals surface area contributed by atoms with Gasteiger partial charge in [-0.3, -0.25) is 5.10 Å². The Morgan fingerprint density at radius 2 is 2.31 bits per heavy atom. The van der Waals surface area contributed by atoms with Crippen molar-refractivity contribution in [3.63, 3.8) is 0 Å². The Balaban J connectivity index is 2.26. The van der Waals surface area contributed by atoms with Crippen LogP contribution in [0.15, 0.2) is 28.8 Å². The molecular formula is C8H7N5O2S. The van der Waals surface area contributed by atoms with Crippen LogP contribution in [0.4, 0.5) is 5.69 Å². The fourth-order valence-corrected chi connectivity index (χ4v) is 1.67. The van der Waals surface area contributed by atoms with Crippen LogP contribution in [0.5, 0.6) is 0 Å². The summed E-state index contributed by atoms with van der Waals surface area (Å²) in [6.45, 7) is 0. The van der Waals surface area contributed by atoms with Crippen LogP contribution in [0.1, 0.15) is 10.4 Å². The van der Waals surface area contributed by atoms with Gasteiger partial charge < -0.3 is 10.8 Å². The second kappa shape index (κ2) is 4.19. The monoisotopic (exact) mass is 237 g/mol. The van der Waals surface area contributed by atoms with Gasteiger partial charge in [0.1, 0.15) is 11.4 Å². The van der Waals surface area contributed by atoms with Gasteiger partial charge in [0.15, 0.2) is 5.16 Å². The Kier molecular flexibility index (Phi) is 2.73. The van der Waals surface area contributed by atoms with Crippen LogP contribution in [0.3, 0.4) is 0 Å². The Bertz CT molecular complexity index is 513. The predicted octanol–water partition coefficient (Wildman–Crippen LogP) is 0.631. The lowest BCUT2D eigenvalue weighted by Gasteiger charge is -2.02. The van der Waals surface area contributed by atoms with Gasteiger partial charge in [-0.15, -0.1) is 0 Å². The molecule has 0 aromatic carbocycles. The van der Waals surface area contributed by atoms with Crippen molar-refractivity contribution in [1.82, 2.24) is 20.2 Å². The van der Waals surface area contributed by atoms with Gasteiger partial charge >= 0.3 is 5.97 Å². The van der Waals surface area contributed by atoms with E-state index in [-0.39, 0.29) is 5.56 Å². The first-order chi connectivity index (χ1) is 7.66. The zero-order chi connectivity index (χ0) is 11.5. The predicted molar refractivity (Wildman–Crippen MR) is 56.1 cm³/mol. The first kappa shape index (κ1) is 10.4. The van der Waals surface area contributed by atoms with Crippen LogP contribution in [0, 0.1) is 0 Å². The number of carbonyl (C=O) groups is 1. The number of carboxylic acids is 1. The van der Waals surface area contributed by atoms with Gasteiger partial charge in [0.2, 0.25) is 0 Å². The number of nitrogens with zero attached hydrogens (tertiary/aromatic N) is 3. The molecular weight excluding hydrogens is 230 g/mol. The van der Waals surface area contributed by atoms with Crippen molar-refractivity contribution < 1.29 is 9.90 Å². The number of nitrogen functional groups attached to an aromatic ring is 1. The molecule has 0 fully saturated rings. The first-order valence-corrected chi connectivity index (χ1v) is 5.00. The third kappa shape index (κ3) is 2.11. The van der Waals surface area contributed by atoms with E-state index in [1.165, 1.54) is 30.4 Å². The molecule has 8 heteroatoms. The molecule has 16 heavy (non-hydrogen) atoms. The number of aromatic nitrogens is 4. The number of nitrogens with two attached hydrogens (primary N) is 1. The number of anilines is 1. The number of aromatic amines is 1. The molecule has 0 atom stereocenters. The minimum atomic E-state index is -1.06. The molecule has 2 aromatic heterocycles. The van der Waals surface area contributed by atoms with Crippen molar-refractivity contribution in [2.75, 3.05) is 5.73 Å². The molecule has 2 heterocycles. The van der Waals surface area contributed by atoms with E-state index in [9.17, 15) is 4.79 Å². The average Bonchev–Trinajstić information content (AvgIpc) is 2.73. The van der Waals surface area contributed by atoms with E-state index in [0.717, 1.165) is 0 Å². The van der Waals surface area contributed by atoms with E-state index in [0.29, 0.717) is 15.9 Å². The number of aromatic carboxylic acids is 1. The van der Waals surface area contributed by atoms with Crippen molar-refractivity contribution in [1.29, 1.82) is 0 Å². The number of hydrogen-bond acceptors (Lipinski definition) is 6. The molecule has 0 radical (unpaired) electrons. The van der Waals surface area contributed by atoms with Crippen LogP contribution in [-0.4, -0.2) is 31.2 Å². The summed E-state index contributed by atoms with van der Waals surface area (Å²) in [6.07, 6.45) is 2.61. The number of H-pyrrole nitrogens is 1. The maximum atomic E-state index is 10.7. The molecule has 0 amide bonds. The summed E-state index contributed by atoms with van der Waals surface area (Å²) < 4.78 is 0. The molecule has 0 saturated carbocycles. The molecule has 0 aliphatic rings. The highest BCUT2D eigenvalue weighted by atomic mass is 32.2. The quantitative estimate of drug-likeness (QED) is 0.716. The SMILES string of the molecule is Nc1cc(C(=O)O)cnc1Sc1ncn[nH]1.